The van der Waals surface area contributed by atoms with Crippen LogP contribution in [-0.2, 0) is 0 Å². The molecule has 0 aromatic heterocycles. The smallest absolute Gasteiger partial charge is 0.407 e. The van der Waals surface area contributed by atoms with E-state index in [1.165, 1.54) is 0 Å². The van der Waals surface area contributed by atoms with E-state index in [1.807, 2.05) is 0 Å². The molecule has 0 spiro atoms. The monoisotopic (exact) mass is 291 g/mol. The summed E-state index contributed by atoms with van der Waals surface area (Å²) in [6.07, 6.45) is -4.72. The first-order chi connectivity index (χ1) is 7.86. The van der Waals surface area contributed by atoms with Gasteiger partial charge in [0.1, 0.15) is 30.9 Å². The molecule has 0 aliphatic rings. The summed E-state index contributed by atoms with van der Waals surface area (Å²) < 4.78 is 66.5. The Morgan fingerprint density at radius 3 is 2.33 bits per heavy atom. The van der Waals surface area contributed by atoms with Crippen molar-refractivity contribution in [1.82, 2.24) is 0 Å². The highest BCUT2D eigenvalue weighted by atomic mass is 35.5. The highest BCUT2D eigenvalue weighted by molar-refractivity contribution is 5.85. The van der Waals surface area contributed by atoms with Crippen LogP contribution in [0.3, 0.4) is 0 Å². The Morgan fingerprint density at radius 2 is 1.89 bits per heavy atom. The molecule has 2 N–H and O–H groups in total. The van der Waals surface area contributed by atoms with E-state index in [0.29, 0.717) is 0 Å². The van der Waals surface area contributed by atoms with Crippen LogP contribution in [0.1, 0.15) is 11.6 Å². The third-order valence-corrected chi connectivity index (χ3v) is 2.01. The highest BCUT2D eigenvalue weighted by Crippen LogP contribution is 2.32. The number of ether oxygens (including phenoxy) is 1. The Labute approximate surface area is 106 Å². The zero-order valence-corrected chi connectivity index (χ0v) is 9.82. The summed E-state index contributed by atoms with van der Waals surface area (Å²) in [5.41, 5.74) is 4.18. The Bertz CT molecular complexity index is 385. The molecule has 2 nitrogen and oxygen atoms in total. The van der Waals surface area contributed by atoms with Crippen LogP contribution in [0.25, 0.3) is 0 Å². The van der Waals surface area contributed by atoms with E-state index in [4.69, 9.17) is 10.5 Å². The van der Waals surface area contributed by atoms with Crippen molar-refractivity contribution in [3.05, 3.63) is 29.6 Å². The van der Waals surface area contributed by atoms with Crippen LogP contribution in [-0.4, -0.2) is 19.5 Å². The zero-order valence-electron chi connectivity index (χ0n) is 9.01. The van der Waals surface area contributed by atoms with E-state index in [0.717, 1.165) is 18.2 Å². The van der Waals surface area contributed by atoms with Gasteiger partial charge in [0.2, 0.25) is 0 Å². The molecule has 0 aliphatic carbocycles. The summed E-state index contributed by atoms with van der Waals surface area (Å²) in [5.74, 6) is -1.18. The van der Waals surface area contributed by atoms with Gasteiger partial charge in [0.05, 0.1) is 0 Å². The van der Waals surface area contributed by atoms with Gasteiger partial charge in [-0.05, 0) is 6.07 Å². The Morgan fingerprint density at radius 1 is 1.28 bits per heavy atom. The number of alkyl halides is 4. The Balaban J connectivity index is 0.00000289. The van der Waals surface area contributed by atoms with Gasteiger partial charge in [0.15, 0.2) is 0 Å². The van der Waals surface area contributed by atoms with E-state index in [-0.39, 0.29) is 24.8 Å². The molecule has 1 aromatic rings. The first-order valence-electron chi connectivity index (χ1n) is 4.66. The molecule has 0 saturated heterocycles. The van der Waals surface area contributed by atoms with Crippen LogP contribution in [0, 0.1) is 5.82 Å². The first-order valence-corrected chi connectivity index (χ1v) is 4.66. The average Bonchev–Trinajstić information content (AvgIpc) is 2.24. The number of nitrogens with two attached hydrogens (primary N) is 1. The molecular weight excluding hydrogens is 281 g/mol. The van der Waals surface area contributed by atoms with Gasteiger partial charge >= 0.3 is 6.18 Å². The normalized spacial score (nSPS) is 12.8. The predicted octanol–water partition coefficient (Wildman–Crippen LogP) is 3.16. The minimum absolute atomic E-state index is 0. The number of halogens is 6. The SMILES string of the molecule is Cl.N[C@H](c1ccc(OCCF)cc1F)C(F)(F)F. The molecule has 1 atom stereocenters. The van der Waals surface area contributed by atoms with E-state index in [1.54, 1.807) is 0 Å². The van der Waals surface area contributed by atoms with Gasteiger partial charge in [0, 0.05) is 11.6 Å². The fourth-order valence-electron chi connectivity index (χ4n) is 1.18. The van der Waals surface area contributed by atoms with Gasteiger partial charge in [-0.25, -0.2) is 8.78 Å². The highest BCUT2D eigenvalue weighted by Gasteiger charge is 2.39. The number of hydrogen-bond acceptors (Lipinski definition) is 2. The van der Waals surface area contributed by atoms with Gasteiger partial charge in [-0.2, -0.15) is 13.2 Å². The van der Waals surface area contributed by atoms with Crippen LogP contribution in [0.2, 0.25) is 0 Å². The largest absolute Gasteiger partial charge is 0.491 e. The van der Waals surface area contributed by atoms with E-state index in [9.17, 15) is 22.0 Å². The minimum atomic E-state index is -4.72. The number of benzene rings is 1. The fraction of sp³-hybridized carbons (Fsp3) is 0.400. The molecule has 104 valence electrons. The van der Waals surface area contributed by atoms with Gasteiger partial charge < -0.3 is 10.5 Å². The van der Waals surface area contributed by atoms with Gasteiger partial charge in [-0.15, -0.1) is 12.4 Å². The van der Waals surface area contributed by atoms with Crippen LogP contribution in [0.5, 0.6) is 5.75 Å². The molecule has 0 fully saturated rings. The molecule has 1 rings (SSSR count). The predicted molar refractivity (Wildman–Crippen MR) is 58.1 cm³/mol. The summed E-state index contributed by atoms with van der Waals surface area (Å²) in [4.78, 5) is 0. The lowest BCUT2D eigenvalue weighted by atomic mass is 10.1. The third kappa shape index (κ3) is 4.30. The summed E-state index contributed by atoms with van der Waals surface area (Å²) in [6.45, 7) is -1.06. The van der Waals surface area contributed by atoms with Crippen molar-refractivity contribution in [3.8, 4) is 5.75 Å². The molecule has 0 amide bonds. The second kappa shape index (κ2) is 6.75. The topological polar surface area (TPSA) is 35.2 Å². The van der Waals surface area contributed by atoms with E-state index >= 15 is 0 Å². The molecular formula is C10H11ClF5NO. The average molecular weight is 292 g/mol. The molecule has 0 bridgehead atoms. The van der Waals surface area contributed by atoms with Crippen molar-refractivity contribution in [2.75, 3.05) is 13.3 Å². The molecule has 0 heterocycles. The van der Waals surface area contributed by atoms with Crippen LogP contribution >= 0.6 is 12.4 Å². The second-order valence-corrected chi connectivity index (χ2v) is 3.24. The van der Waals surface area contributed by atoms with Gasteiger partial charge in [-0.3, -0.25) is 0 Å². The fourth-order valence-corrected chi connectivity index (χ4v) is 1.18. The maximum Gasteiger partial charge on any atom is 0.407 e. The van der Waals surface area contributed by atoms with Crippen molar-refractivity contribution in [2.45, 2.75) is 12.2 Å². The molecule has 0 unspecified atom stereocenters. The standard InChI is InChI=1S/C10H10F5NO.ClH/c11-3-4-17-6-1-2-7(8(12)5-6)9(16)10(13,14)15;/h1-2,5,9H,3-4,16H2;1H/t9-;/m1./s1. The van der Waals surface area contributed by atoms with Crippen molar-refractivity contribution in [2.24, 2.45) is 5.73 Å². The first kappa shape index (κ1) is 16.9. The van der Waals surface area contributed by atoms with Crippen molar-refractivity contribution in [1.29, 1.82) is 0 Å². The van der Waals surface area contributed by atoms with Gasteiger partial charge in [0.25, 0.3) is 0 Å². The van der Waals surface area contributed by atoms with Crippen LogP contribution in [0.15, 0.2) is 18.2 Å². The number of rotatable bonds is 4. The van der Waals surface area contributed by atoms with Crippen LogP contribution in [0.4, 0.5) is 22.0 Å². The van der Waals surface area contributed by atoms with E-state index < -0.39 is 30.3 Å². The van der Waals surface area contributed by atoms with E-state index in [2.05, 4.69) is 0 Å². The molecule has 0 radical (unpaired) electrons. The third-order valence-electron chi connectivity index (χ3n) is 2.01. The quantitative estimate of drug-likeness (QED) is 0.865. The minimum Gasteiger partial charge on any atom is -0.491 e. The summed E-state index contributed by atoms with van der Waals surface area (Å²) in [6, 6.07) is 0.342. The summed E-state index contributed by atoms with van der Waals surface area (Å²) >= 11 is 0. The molecule has 1 aromatic carbocycles. The lowest BCUT2D eigenvalue weighted by Gasteiger charge is -2.17. The summed E-state index contributed by atoms with van der Waals surface area (Å²) in [7, 11) is 0. The van der Waals surface area contributed by atoms with Gasteiger partial charge in [-0.1, -0.05) is 6.07 Å². The molecule has 0 saturated carbocycles. The molecule has 18 heavy (non-hydrogen) atoms. The zero-order chi connectivity index (χ0) is 13.1. The lowest BCUT2D eigenvalue weighted by Crippen LogP contribution is -2.29. The summed E-state index contributed by atoms with van der Waals surface area (Å²) in [5, 5.41) is 0. The number of hydrogen-bond donors (Lipinski definition) is 1. The molecule has 0 aliphatic heterocycles. The maximum atomic E-state index is 13.3. The van der Waals surface area contributed by atoms with Crippen molar-refractivity contribution in [3.63, 3.8) is 0 Å². The van der Waals surface area contributed by atoms with Crippen LogP contribution < -0.4 is 10.5 Å². The Kier molecular flexibility index (Phi) is 6.34. The molecule has 8 heteroatoms. The lowest BCUT2D eigenvalue weighted by molar-refractivity contribution is -0.149. The van der Waals surface area contributed by atoms with Crippen molar-refractivity contribution >= 4 is 12.4 Å². The maximum absolute atomic E-state index is 13.3. The van der Waals surface area contributed by atoms with Crippen molar-refractivity contribution < 1.29 is 26.7 Å². The second-order valence-electron chi connectivity index (χ2n) is 3.24. The Hall–Kier alpha value is -1.08.